The number of nitrogens with zero attached hydrogens (tertiary/aromatic N) is 4. The fourth-order valence-electron chi connectivity index (χ4n) is 0.645. The third-order valence-corrected chi connectivity index (χ3v) is 0.950. The lowest BCUT2D eigenvalue weighted by molar-refractivity contribution is -0.114. The maximum atomic E-state index is 9.44. The van der Waals surface area contributed by atoms with Crippen LogP contribution in [0.3, 0.4) is 0 Å². The van der Waals surface area contributed by atoms with E-state index in [-0.39, 0.29) is 11.9 Å². The van der Waals surface area contributed by atoms with Crippen molar-refractivity contribution in [2.24, 2.45) is 4.99 Å². The molecule has 0 unspecified atom stereocenters. The lowest BCUT2D eigenvalue weighted by atomic mass is 10.5. The quantitative estimate of drug-likeness (QED) is 0.397. The van der Waals surface area contributed by atoms with Gasteiger partial charge >= 0.3 is 0 Å². The molecular formula is C12H26N4O2. The van der Waals surface area contributed by atoms with Crippen molar-refractivity contribution in [1.82, 2.24) is 9.80 Å². The zero-order valence-corrected chi connectivity index (χ0v) is 12.7. The smallest absolute Gasteiger partial charge is 0.211 e. The second-order valence-electron chi connectivity index (χ2n) is 4.30. The minimum atomic E-state index is -0.167. The van der Waals surface area contributed by atoms with Gasteiger partial charge in [0.1, 0.15) is 5.78 Å². The van der Waals surface area contributed by atoms with Gasteiger partial charge in [-0.05, 0) is 27.7 Å². The van der Waals surface area contributed by atoms with Crippen LogP contribution in [0.1, 0.15) is 27.7 Å². The third-order valence-electron chi connectivity index (χ3n) is 0.950. The summed E-state index contributed by atoms with van der Waals surface area (Å²) in [5.74, 6) is 0.822. The molecule has 0 heterocycles. The number of hydrogen-bond donors (Lipinski definition) is 1. The van der Waals surface area contributed by atoms with Gasteiger partial charge < -0.3 is 19.7 Å². The van der Waals surface area contributed by atoms with Crippen LogP contribution in [0.5, 0.6) is 0 Å². The molecule has 0 saturated carbocycles. The summed E-state index contributed by atoms with van der Waals surface area (Å²) in [6, 6.07) is 0. The first-order chi connectivity index (χ1) is 8.06. The maximum absolute atomic E-state index is 9.44. The highest BCUT2D eigenvalue weighted by Gasteiger charge is 2.01. The topological polar surface area (TPSA) is 79.9 Å². The highest BCUT2D eigenvalue weighted by Crippen LogP contribution is 1.86. The second kappa shape index (κ2) is 13.5. The Morgan fingerprint density at radius 2 is 1.39 bits per heavy atom. The van der Waals surface area contributed by atoms with Crippen LogP contribution < -0.4 is 0 Å². The number of guanidine groups is 1. The molecule has 0 aliphatic carbocycles. The van der Waals surface area contributed by atoms with Gasteiger partial charge in [0, 0.05) is 34.3 Å². The maximum Gasteiger partial charge on any atom is 0.211 e. The van der Waals surface area contributed by atoms with E-state index in [1.165, 1.54) is 13.8 Å². The van der Waals surface area contributed by atoms with E-state index in [2.05, 4.69) is 4.99 Å². The van der Waals surface area contributed by atoms with Crippen molar-refractivity contribution in [3.63, 3.8) is 0 Å². The molecule has 6 nitrogen and oxygen atoms in total. The lowest BCUT2D eigenvalue weighted by Crippen LogP contribution is -2.35. The molecule has 0 aromatic carbocycles. The van der Waals surface area contributed by atoms with Crippen molar-refractivity contribution in [3.8, 4) is 6.19 Å². The van der Waals surface area contributed by atoms with Crippen molar-refractivity contribution in [3.05, 3.63) is 0 Å². The van der Waals surface area contributed by atoms with Crippen LogP contribution >= 0.6 is 0 Å². The Hall–Kier alpha value is -1.61. The summed E-state index contributed by atoms with van der Waals surface area (Å²) in [6.45, 7) is 6.50. The molecule has 6 heteroatoms. The Morgan fingerprint density at radius 3 is 1.44 bits per heavy atom. The lowest BCUT2D eigenvalue weighted by Gasteiger charge is -2.20. The summed E-state index contributed by atoms with van der Waals surface area (Å²) in [5, 5.41) is 16.3. The van der Waals surface area contributed by atoms with Gasteiger partial charge in [0.15, 0.2) is 0 Å². The van der Waals surface area contributed by atoms with Crippen LogP contribution in [0.25, 0.3) is 0 Å². The fraction of sp³-hybridized carbons (Fsp3) is 0.750. The van der Waals surface area contributed by atoms with Gasteiger partial charge in [-0.25, -0.2) is 0 Å². The molecule has 0 aromatic heterocycles. The Morgan fingerprint density at radius 1 is 1.17 bits per heavy atom. The number of aliphatic hydroxyl groups excluding tert-OH is 1. The molecule has 0 rings (SSSR count). The van der Waals surface area contributed by atoms with Gasteiger partial charge in [0.25, 0.3) is 0 Å². The third kappa shape index (κ3) is 29.3. The van der Waals surface area contributed by atoms with Gasteiger partial charge in [0.05, 0.1) is 0 Å². The first kappa shape index (κ1) is 21.7. The number of nitriles is 1. The molecule has 0 aromatic rings. The zero-order valence-electron chi connectivity index (χ0n) is 12.7. The molecule has 0 amide bonds. The van der Waals surface area contributed by atoms with Crippen LogP contribution in [0.4, 0.5) is 0 Å². The van der Waals surface area contributed by atoms with E-state index < -0.39 is 0 Å². The number of rotatable bonds is 0. The first-order valence-electron chi connectivity index (χ1n) is 5.52. The summed E-state index contributed by atoms with van der Waals surface area (Å²) in [5.41, 5.74) is 0. The van der Waals surface area contributed by atoms with Crippen molar-refractivity contribution in [2.45, 2.75) is 33.8 Å². The number of hydrogen-bond acceptors (Lipinski definition) is 4. The van der Waals surface area contributed by atoms with Gasteiger partial charge in [0.2, 0.25) is 12.2 Å². The van der Waals surface area contributed by atoms with E-state index in [9.17, 15) is 4.79 Å². The molecule has 0 radical (unpaired) electrons. The highest BCUT2D eigenvalue weighted by atomic mass is 16.3. The zero-order chi connectivity index (χ0) is 15.3. The molecule has 0 atom stereocenters. The van der Waals surface area contributed by atoms with Gasteiger partial charge in [-0.3, -0.25) is 0 Å². The number of carbonyl (C=O) groups is 1. The predicted octanol–water partition coefficient (Wildman–Crippen LogP) is 0.929. The Balaban J connectivity index is -0.000000233. The number of carbonyl (C=O) groups excluding carboxylic acids is 1. The molecule has 0 spiro atoms. The Kier molecular flexibility index (Phi) is 16.2. The van der Waals surface area contributed by atoms with Gasteiger partial charge in [-0.1, -0.05) is 0 Å². The summed E-state index contributed by atoms with van der Waals surface area (Å²) in [6.07, 6.45) is 1.57. The summed E-state index contributed by atoms with van der Waals surface area (Å²) < 4.78 is 0. The average molecular weight is 258 g/mol. The predicted molar refractivity (Wildman–Crippen MR) is 74.1 cm³/mol. The highest BCUT2D eigenvalue weighted by molar-refractivity contribution is 5.79. The standard InChI is InChI=1S/C6H12N4.C3H8O.C3H6O/c1-9(2)6(8-5-7)10(3)4;2*1-3(2)4/h1-4H3;3-4H,1-2H3;1-2H3. The van der Waals surface area contributed by atoms with Crippen LogP contribution in [0.15, 0.2) is 4.99 Å². The largest absolute Gasteiger partial charge is 0.394 e. The van der Waals surface area contributed by atoms with E-state index in [1.54, 1.807) is 29.8 Å². The second-order valence-corrected chi connectivity index (χ2v) is 4.30. The number of aliphatic imine (C=N–C) groups is 1. The van der Waals surface area contributed by atoms with E-state index in [0.717, 1.165) is 0 Å². The molecule has 0 bridgehead atoms. The molecule has 0 aliphatic heterocycles. The van der Waals surface area contributed by atoms with Crippen molar-refractivity contribution >= 4 is 11.7 Å². The average Bonchev–Trinajstić information content (AvgIpc) is 2.10. The van der Waals surface area contributed by atoms with E-state index >= 15 is 0 Å². The molecule has 0 fully saturated rings. The SMILES string of the molecule is CC(C)=O.CC(C)O.CN(C)C(=NC#N)N(C)C. The van der Waals surface area contributed by atoms with Crippen molar-refractivity contribution in [1.29, 1.82) is 5.26 Å². The van der Waals surface area contributed by atoms with E-state index in [4.69, 9.17) is 10.4 Å². The van der Waals surface area contributed by atoms with Gasteiger partial charge in [-0.15, -0.1) is 4.99 Å². The summed E-state index contributed by atoms with van der Waals surface area (Å²) in [4.78, 5) is 16.6. The molecular weight excluding hydrogens is 232 g/mol. The van der Waals surface area contributed by atoms with Gasteiger partial charge in [-0.2, -0.15) is 5.26 Å². The summed E-state index contributed by atoms with van der Waals surface area (Å²) >= 11 is 0. The molecule has 0 aliphatic rings. The number of aliphatic hydroxyl groups is 1. The summed E-state index contributed by atoms with van der Waals surface area (Å²) in [7, 11) is 7.37. The van der Waals surface area contributed by atoms with E-state index in [1.807, 2.05) is 28.2 Å². The molecule has 1 N–H and O–H groups in total. The van der Waals surface area contributed by atoms with Crippen LogP contribution in [0, 0.1) is 11.5 Å². The normalized spacial score (nSPS) is 7.83. The van der Waals surface area contributed by atoms with Crippen LogP contribution in [0.2, 0.25) is 0 Å². The van der Waals surface area contributed by atoms with Crippen LogP contribution in [-0.2, 0) is 4.79 Å². The Bertz CT molecular complexity index is 262. The molecule has 106 valence electrons. The monoisotopic (exact) mass is 258 g/mol. The number of ketones is 1. The van der Waals surface area contributed by atoms with E-state index in [0.29, 0.717) is 5.96 Å². The Labute approximate surface area is 111 Å². The first-order valence-corrected chi connectivity index (χ1v) is 5.52. The minimum Gasteiger partial charge on any atom is -0.394 e. The van der Waals surface area contributed by atoms with Crippen molar-refractivity contribution in [2.75, 3.05) is 28.2 Å². The molecule has 18 heavy (non-hydrogen) atoms. The number of Topliss-reactive ketones (excluding diaryl/α,β-unsaturated/α-hetero) is 1. The van der Waals surface area contributed by atoms with Crippen molar-refractivity contribution < 1.29 is 9.90 Å². The minimum absolute atomic E-state index is 0.167. The fourth-order valence-corrected chi connectivity index (χ4v) is 0.645. The van der Waals surface area contributed by atoms with Crippen LogP contribution in [-0.4, -0.2) is 60.9 Å². The molecule has 0 saturated heterocycles.